The van der Waals surface area contributed by atoms with Gasteiger partial charge in [-0.05, 0) is 13.0 Å². The summed E-state index contributed by atoms with van der Waals surface area (Å²) < 4.78 is 1.97. The maximum Gasteiger partial charge on any atom is 0.322 e. The Hall–Kier alpha value is -2.35. The van der Waals surface area contributed by atoms with Crippen LogP contribution in [0, 0.1) is 6.92 Å². The number of hydrogen-bond acceptors (Lipinski definition) is 4. The van der Waals surface area contributed by atoms with Crippen molar-refractivity contribution < 1.29 is 4.79 Å². The lowest BCUT2D eigenvalue weighted by atomic mass is 10.1. The van der Waals surface area contributed by atoms with Crippen LogP contribution >= 0.6 is 0 Å². The van der Waals surface area contributed by atoms with E-state index < -0.39 is 0 Å². The first kappa shape index (κ1) is 13.3. The Morgan fingerprint density at radius 3 is 2.95 bits per heavy atom. The number of amides is 2. The van der Waals surface area contributed by atoms with Crippen LogP contribution in [-0.2, 0) is 6.54 Å². The average molecular weight is 301 g/mol. The molecule has 22 heavy (non-hydrogen) atoms. The maximum atomic E-state index is 11.7. The van der Waals surface area contributed by atoms with Crippen molar-refractivity contribution in [3.8, 4) is 0 Å². The van der Waals surface area contributed by atoms with E-state index in [2.05, 4.69) is 31.6 Å². The van der Waals surface area contributed by atoms with E-state index in [4.69, 9.17) is 0 Å². The van der Waals surface area contributed by atoms with Gasteiger partial charge in [-0.25, -0.2) is 4.79 Å². The number of anilines is 1. The molecule has 2 fully saturated rings. The molecule has 2 N–H and O–H groups in total. The molecule has 8 heteroatoms. The standard InChI is InChI=1S/C14H19N7O/c1-10-4-11(18-17-10)6-19-7-13(8-19)21-9-12(5-16-21)20-3-2-15-14(20)22/h4-5,9,13H,2-3,6-8H2,1H3,(H,15,22)(H,17,18). The van der Waals surface area contributed by atoms with Gasteiger partial charge in [0.1, 0.15) is 0 Å². The molecule has 2 aromatic rings. The highest BCUT2D eigenvalue weighted by Crippen LogP contribution is 2.25. The Morgan fingerprint density at radius 2 is 2.27 bits per heavy atom. The lowest BCUT2D eigenvalue weighted by Gasteiger charge is -2.38. The summed E-state index contributed by atoms with van der Waals surface area (Å²) in [5.74, 6) is 0. The van der Waals surface area contributed by atoms with Gasteiger partial charge in [0, 0.05) is 44.6 Å². The van der Waals surface area contributed by atoms with Gasteiger partial charge in [-0.2, -0.15) is 10.2 Å². The van der Waals surface area contributed by atoms with E-state index in [9.17, 15) is 4.79 Å². The summed E-state index contributed by atoms with van der Waals surface area (Å²) >= 11 is 0. The van der Waals surface area contributed by atoms with E-state index in [0.717, 1.165) is 36.7 Å². The van der Waals surface area contributed by atoms with Crippen LogP contribution in [0.25, 0.3) is 0 Å². The zero-order valence-electron chi connectivity index (χ0n) is 12.5. The molecule has 0 spiro atoms. The first-order valence-corrected chi connectivity index (χ1v) is 7.52. The minimum atomic E-state index is -0.0383. The van der Waals surface area contributed by atoms with Crippen LogP contribution in [0.4, 0.5) is 10.5 Å². The van der Waals surface area contributed by atoms with Crippen molar-refractivity contribution in [2.75, 3.05) is 31.1 Å². The summed E-state index contributed by atoms with van der Waals surface area (Å²) in [4.78, 5) is 15.7. The molecule has 116 valence electrons. The number of aromatic nitrogens is 4. The molecule has 0 bridgehead atoms. The van der Waals surface area contributed by atoms with Crippen molar-refractivity contribution in [3.63, 3.8) is 0 Å². The van der Waals surface area contributed by atoms with Gasteiger partial charge in [0.05, 0.1) is 23.6 Å². The molecule has 0 radical (unpaired) electrons. The van der Waals surface area contributed by atoms with Crippen molar-refractivity contribution in [2.45, 2.75) is 19.5 Å². The lowest BCUT2D eigenvalue weighted by molar-refractivity contribution is 0.0896. The predicted molar refractivity (Wildman–Crippen MR) is 80.6 cm³/mol. The minimum absolute atomic E-state index is 0.0383. The van der Waals surface area contributed by atoms with Gasteiger partial charge in [-0.1, -0.05) is 0 Å². The minimum Gasteiger partial charge on any atom is -0.336 e. The van der Waals surface area contributed by atoms with Crippen molar-refractivity contribution in [1.29, 1.82) is 0 Å². The summed E-state index contributed by atoms with van der Waals surface area (Å²) in [6.07, 6.45) is 3.73. The van der Waals surface area contributed by atoms with E-state index >= 15 is 0 Å². The molecule has 0 aliphatic carbocycles. The highest BCUT2D eigenvalue weighted by Gasteiger charge is 2.30. The molecular weight excluding hydrogens is 282 g/mol. The van der Waals surface area contributed by atoms with Gasteiger partial charge in [0.2, 0.25) is 0 Å². The number of rotatable bonds is 4. The maximum absolute atomic E-state index is 11.7. The van der Waals surface area contributed by atoms with E-state index in [1.54, 1.807) is 11.1 Å². The van der Waals surface area contributed by atoms with Crippen LogP contribution in [0.2, 0.25) is 0 Å². The molecule has 0 unspecified atom stereocenters. The zero-order chi connectivity index (χ0) is 15.1. The number of nitrogens with one attached hydrogen (secondary N) is 2. The summed E-state index contributed by atoms with van der Waals surface area (Å²) in [7, 11) is 0. The Kier molecular flexibility index (Phi) is 3.11. The molecule has 2 amide bonds. The monoisotopic (exact) mass is 301 g/mol. The molecule has 0 aromatic carbocycles. The quantitative estimate of drug-likeness (QED) is 0.861. The smallest absolute Gasteiger partial charge is 0.322 e. The van der Waals surface area contributed by atoms with Crippen LogP contribution in [-0.4, -0.2) is 57.1 Å². The van der Waals surface area contributed by atoms with Crippen molar-refractivity contribution in [3.05, 3.63) is 29.8 Å². The van der Waals surface area contributed by atoms with Gasteiger partial charge in [-0.3, -0.25) is 19.6 Å². The molecular formula is C14H19N7O. The van der Waals surface area contributed by atoms with Crippen LogP contribution in [0.3, 0.4) is 0 Å². The first-order valence-electron chi connectivity index (χ1n) is 7.52. The molecule has 2 aliphatic heterocycles. The Balaban J connectivity index is 1.35. The molecule has 2 aromatic heterocycles. The predicted octanol–water partition coefficient (Wildman–Crippen LogP) is 0.501. The van der Waals surface area contributed by atoms with Crippen LogP contribution in [0.15, 0.2) is 18.5 Å². The normalized spacial score (nSPS) is 19.5. The van der Waals surface area contributed by atoms with Crippen LogP contribution in [0.5, 0.6) is 0 Å². The van der Waals surface area contributed by atoms with Gasteiger partial charge in [0.15, 0.2) is 0 Å². The highest BCUT2D eigenvalue weighted by atomic mass is 16.2. The third-order valence-corrected chi connectivity index (χ3v) is 4.21. The van der Waals surface area contributed by atoms with Crippen LogP contribution in [0.1, 0.15) is 17.4 Å². The highest BCUT2D eigenvalue weighted by molar-refractivity contribution is 5.93. The van der Waals surface area contributed by atoms with E-state index in [0.29, 0.717) is 19.1 Å². The Bertz CT molecular complexity index is 685. The summed E-state index contributed by atoms with van der Waals surface area (Å²) in [6, 6.07) is 2.41. The number of aromatic amines is 1. The lowest BCUT2D eigenvalue weighted by Crippen LogP contribution is -2.47. The topological polar surface area (TPSA) is 82.1 Å². The van der Waals surface area contributed by atoms with E-state index in [1.807, 2.05) is 17.8 Å². The fourth-order valence-corrected chi connectivity index (χ4v) is 3.01. The number of urea groups is 1. The summed E-state index contributed by atoms with van der Waals surface area (Å²) in [5.41, 5.74) is 3.04. The summed E-state index contributed by atoms with van der Waals surface area (Å²) in [5, 5.41) is 14.4. The fraction of sp³-hybridized carbons (Fsp3) is 0.500. The number of nitrogens with zero attached hydrogens (tertiary/aromatic N) is 5. The second-order valence-electron chi connectivity index (χ2n) is 5.95. The third kappa shape index (κ3) is 2.35. The number of hydrogen-bond donors (Lipinski definition) is 2. The number of likely N-dealkylation sites (tertiary alicyclic amines) is 1. The molecule has 2 aliphatic rings. The van der Waals surface area contributed by atoms with E-state index in [1.165, 1.54) is 0 Å². The zero-order valence-corrected chi connectivity index (χ0v) is 12.5. The number of carbonyl (C=O) groups excluding carboxylic acids is 1. The Morgan fingerprint density at radius 1 is 1.41 bits per heavy atom. The average Bonchev–Trinajstić information content (AvgIpc) is 3.14. The molecule has 0 saturated carbocycles. The molecule has 8 nitrogen and oxygen atoms in total. The van der Waals surface area contributed by atoms with E-state index in [-0.39, 0.29) is 6.03 Å². The second kappa shape index (κ2) is 5.13. The van der Waals surface area contributed by atoms with Crippen molar-refractivity contribution in [1.82, 2.24) is 30.2 Å². The first-order chi connectivity index (χ1) is 10.7. The number of aryl methyl sites for hydroxylation is 1. The largest absolute Gasteiger partial charge is 0.336 e. The van der Waals surface area contributed by atoms with Crippen molar-refractivity contribution in [2.24, 2.45) is 0 Å². The third-order valence-electron chi connectivity index (χ3n) is 4.21. The number of H-pyrrole nitrogens is 1. The van der Waals surface area contributed by atoms with Crippen LogP contribution < -0.4 is 10.2 Å². The molecule has 0 atom stereocenters. The Labute approximate surface area is 128 Å². The second-order valence-corrected chi connectivity index (χ2v) is 5.95. The molecule has 2 saturated heterocycles. The van der Waals surface area contributed by atoms with Gasteiger partial charge >= 0.3 is 6.03 Å². The molecule has 4 rings (SSSR count). The van der Waals surface area contributed by atoms with Gasteiger partial charge in [0.25, 0.3) is 0 Å². The van der Waals surface area contributed by atoms with Gasteiger partial charge in [-0.15, -0.1) is 0 Å². The summed E-state index contributed by atoms with van der Waals surface area (Å²) in [6.45, 7) is 6.20. The SMILES string of the molecule is Cc1cc(CN2CC(n3cc(N4CCNC4=O)cn3)C2)n[nH]1. The van der Waals surface area contributed by atoms with Gasteiger partial charge < -0.3 is 5.32 Å². The number of carbonyl (C=O) groups is 1. The molecule has 4 heterocycles. The van der Waals surface area contributed by atoms with Crippen molar-refractivity contribution >= 4 is 11.7 Å². The fourth-order valence-electron chi connectivity index (χ4n) is 3.01.